The van der Waals surface area contributed by atoms with E-state index >= 15 is 0 Å². The van der Waals surface area contributed by atoms with Gasteiger partial charge in [0.1, 0.15) is 6.04 Å². The van der Waals surface area contributed by atoms with Crippen molar-refractivity contribution in [2.45, 2.75) is 19.0 Å². The lowest BCUT2D eigenvalue weighted by Crippen LogP contribution is -2.37. The zero-order valence-electron chi connectivity index (χ0n) is 14.8. The molecule has 0 fully saturated rings. The molecule has 3 rings (SSSR count). The van der Waals surface area contributed by atoms with E-state index in [-0.39, 0.29) is 0 Å². The molecule has 2 heterocycles. The molecule has 1 atom stereocenters. The molecule has 0 aliphatic carbocycles. The van der Waals surface area contributed by atoms with Crippen LogP contribution < -0.4 is 4.52 Å². The highest BCUT2D eigenvalue weighted by Gasteiger charge is 2.33. The van der Waals surface area contributed by atoms with Crippen LogP contribution in [0.1, 0.15) is 22.0 Å². The summed E-state index contributed by atoms with van der Waals surface area (Å²) < 4.78 is 27.1. The number of fused-ring (bicyclic) bond motifs is 1. The first-order valence-corrected chi connectivity index (χ1v) is 10.8. The Labute approximate surface area is 166 Å². The average Bonchev–Trinajstić information content (AvgIpc) is 3.04. The van der Waals surface area contributed by atoms with Crippen molar-refractivity contribution in [3.63, 3.8) is 0 Å². The van der Waals surface area contributed by atoms with Gasteiger partial charge in [-0.15, -0.1) is 11.3 Å². The van der Waals surface area contributed by atoms with Gasteiger partial charge < -0.3 is 9.63 Å². The number of carboxylic acids is 1. The minimum absolute atomic E-state index is 0.415. The number of thiophene rings is 1. The van der Waals surface area contributed by atoms with Crippen molar-refractivity contribution < 1.29 is 28.0 Å². The van der Waals surface area contributed by atoms with E-state index in [1.807, 2.05) is 4.90 Å². The Kier molecular flexibility index (Phi) is 6.25. The van der Waals surface area contributed by atoms with Gasteiger partial charge in [-0.3, -0.25) is 18.7 Å². The topological polar surface area (TPSA) is 85.3 Å². The fraction of sp³-hybridized carbons (Fsp3) is 0.353. The lowest BCUT2D eigenvalue weighted by molar-refractivity contribution is -0.144. The normalized spacial score (nSPS) is 16.0. The molecule has 1 aromatic carbocycles. The van der Waals surface area contributed by atoms with Gasteiger partial charge in [-0.2, -0.15) is 0 Å². The van der Waals surface area contributed by atoms with E-state index in [9.17, 15) is 14.5 Å². The Morgan fingerprint density at radius 3 is 2.67 bits per heavy atom. The van der Waals surface area contributed by atoms with Gasteiger partial charge in [0.2, 0.25) is 0 Å². The summed E-state index contributed by atoms with van der Waals surface area (Å²) in [5, 5.41) is 10.6. The van der Waals surface area contributed by atoms with Gasteiger partial charge in [0.25, 0.3) is 0 Å². The summed E-state index contributed by atoms with van der Waals surface area (Å²) in [6.45, 7) is 0.975. The molecule has 146 valence electrons. The van der Waals surface area contributed by atoms with E-state index in [0.29, 0.717) is 35.2 Å². The van der Waals surface area contributed by atoms with Gasteiger partial charge >= 0.3 is 13.8 Å². The maximum absolute atomic E-state index is 12.2. The summed E-state index contributed by atoms with van der Waals surface area (Å²) in [7, 11) is -1.13. The van der Waals surface area contributed by atoms with Crippen molar-refractivity contribution in [1.29, 1.82) is 0 Å². The van der Waals surface area contributed by atoms with E-state index in [4.69, 9.17) is 25.2 Å². The zero-order valence-corrected chi connectivity index (χ0v) is 17.2. The number of hydrogen-bond donors (Lipinski definition) is 1. The molecular formula is C17H19ClNO6PS. The molecule has 1 N–H and O–H groups in total. The predicted molar refractivity (Wildman–Crippen MR) is 103 cm³/mol. The maximum atomic E-state index is 12.2. The number of hydrogen-bond acceptors (Lipinski definition) is 7. The highest BCUT2D eigenvalue weighted by atomic mass is 35.5. The molecule has 1 aromatic heterocycles. The van der Waals surface area contributed by atoms with Crippen molar-refractivity contribution in [3.05, 3.63) is 51.4 Å². The number of halogens is 1. The predicted octanol–water partition coefficient (Wildman–Crippen LogP) is 4.37. The van der Waals surface area contributed by atoms with Crippen LogP contribution in [0.3, 0.4) is 0 Å². The van der Waals surface area contributed by atoms with Crippen molar-refractivity contribution in [2.24, 2.45) is 0 Å². The number of aliphatic carboxylic acids is 1. The largest absolute Gasteiger partial charge is 0.530 e. The third-order valence-corrected chi connectivity index (χ3v) is 7.22. The second-order valence-corrected chi connectivity index (χ2v) is 9.21. The molecule has 0 amide bonds. The second-order valence-electron chi connectivity index (χ2n) is 5.90. The highest BCUT2D eigenvalue weighted by molar-refractivity contribution is 7.49. The van der Waals surface area contributed by atoms with Gasteiger partial charge in [0.15, 0.2) is 5.06 Å². The third-order valence-electron chi connectivity index (χ3n) is 4.32. The zero-order chi connectivity index (χ0) is 19.6. The van der Waals surface area contributed by atoms with Crippen molar-refractivity contribution in [3.8, 4) is 5.06 Å². The van der Waals surface area contributed by atoms with Crippen LogP contribution in [-0.2, 0) is 31.4 Å². The Morgan fingerprint density at radius 1 is 1.33 bits per heavy atom. The van der Waals surface area contributed by atoms with Crippen LogP contribution in [0.25, 0.3) is 0 Å². The minimum atomic E-state index is -3.63. The summed E-state index contributed by atoms with van der Waals surface area (Å²) in [5.41, 5.74) is 1.49. The molecule has 27 heavy (non-hydrogen) atoms. The fourth-order valence-corrected chi connectivity index (χ4v) is 5.16. The molecular weight excluding hydrogens is 413 g/mol. The number of phosphoric ester groups is 1. The molecule has 0 spiro atoms. The van der Waals surface area contributed by atoms with Crippen LogP contribution in [0.15, 0.2) is 30.3 Å². The number of nitrogens with zero attached hydrogens (tertiary/aromatic N) is 1. The van der Waals surface area contributed by atoms with Gasteiger partial charge in [0, 0.05) is 37.2 Å². The van der Waals surface area contributed by atoms with E-state index < -0.39 is 19.8 Å². The molecule has 0 bridgehead atoms. The van der Waals surface area contributed by atoms with Gasteiger partial charge in [-0.05, 0) is 29.7 Å². The first kappa shape index (κ1) is 20.3. The monoisotopic (exact) mass is 431 g/mol. The Bertz CT molecular complexity index is 880. The molecule has 2 aromatic rings. The van der Waals surface area contributed by atoms with Crippen molar-refractivity contribution in [2.75, 3.05) is 20.8 Å². The molecule has 1 aliphatic rings. The summed E-state index contributed by atoms with van der Waals surface area (Å²) in [6.07, 6.45) is 0.655. The summed E-state index contributed by atoms with van der Waals surface area (Å²) in [5.74, 6) is -0.957. The van der Waals surface area contributed by atoms with E-state index in [0.717, 1.165) is 10.4 Å². The Hall–Kier alpha value is -1.41. The summed E-state index contributed by atoms with van der Waals surface area (Å²) >= 11 is 7.58. The number of carbonyl (C=O) groups is 1. The van der Waals surface area contributed by atoms with Crippen LogP contribution in [0.5, 0.6) is 5.06 Å². The Morgan fingerprint density at radius 2 is 2.04 bits per heavy atom. The SMILES string of the molecule is COP(=O)(OC)Oc1cc2c(s1)CCN([C@H](C(=O)O)c1ccccc1Cl)C2. The fourth-order valence-electron chi connectivity index (χ4n) is 3.04. The van der Waals surface area contributed by atoms with E-state index in [2.05, 4.69) is 0 Å². The smallest absolute Gasteiger partial charge is 0.480 e. The number of carboxylic acid groups (broad SMARTS) is 1. The number of phosphoric acid groups is 1. The van der Waals surface area contributed by atoms with Gasteiger partial charge in [-0.1, -0.05) is 29.8 Å². The molecule has 10 heteroatoms. The number of rotatable bonds is 7. The van der Waals surface area contributed by atoms with Crippen molar-refractivity contribution in [1.82, 2.24) is 4.90 Å². The lowest BCUT2D eigenvalue weighted by atomic mass is 10.0. The van der Waals surface area contributed by atoms with Gasteiger partial charge in [-0.25, -0.2) is 4.57 Å². The average molecular weight is 432 g/mol. The first-order valence-electron chi connectivity index (χ1n) is 8.11. The first-order chi connectivity index (χ1) is 12.9. The molecule has 0 saturated heterocycles. The molecule has 0 saturated carbocycles. The van der Waals surface area contributed by atoms with Crippen molar-refractivity contribution >= 4 is 36.7 Å². The van der Waals surface area contributed by atoms with E-state index in [1.54, 1.807) is 30.3 Å². The van der Waals surface area contributed by atoms with Crippen LogP contribution in [0.2, 0.25) is 5.02 Å². The summed E-state index contributed by atoms with van der Waals surface area (Å²) in [6, 6.07) is 7.86. The van der Waals surface area contributed by atoms with Crippen LogP contribution in [0, 0.1) is 0 Å². The molecule has 0 radical (unpaired) electrons. The lowest BCUT2D eigenvalue weighted by Gasteiger charge is -2.32. The van der Waals surface area contributed by atoms with Gasteiger partial charge in [0.05, 0.1) is 0 Å². The number of benzene rings is 1. The molecule has 1 aliphatic heterocycles. The summed E-state index contributed by atoms with van der Waals surface area (Å²) in [4.78, 5) is 14.9. The molecule has 7 nitrogen and oxygen atoms in total. The second kappa shape index (κ2) is 8.31. The van der Waals surface area contributed by atoms with Crippen LogP contribution in [0.4, 0.5) is 0 Å². The van der Waals surface area contributed by atoms with Crippen LogP contribution in [-0.4, -0.2) is 36.7 Å². The standard InChI is InChI=1S/C17H19ClNO6PS/c1-23-26(22,24-2)25-15-9-11-10-19(8-7-14(11)27-15)16(17(20)21)12-5-3-4-6-13(12)18/h3-6,9,16H,7-8,10H2,1-2H3,(H,20,21)/t16-/m0/s1. The molecule has 0 unspecified atom stereocenters. The maximum Gasteiger partial charge on any atom is 0.530 e. The third kappa shape index (κ3) is 4.37. The minimum Gasteiger partial charge on any atom is -0.480 e. The highest BCUT2D eigenvalue weighted by Crippen LogP contribution is 2.50. The Balaban J connectivity index is 1.84. The quantitative estimate of drug-likeness (QED) is 0.651. The van der Waals surface area contributed by atoms with E-state index in [1.165, 1.54) is 25.6 Å². The van der Waals surface area contributed by atoms with Crippen LogP contribution >= 0.6 is 30.8 Å².